The molecule has 0 radical (unpaired) electrons. The van der Waals surface area contributed by atoms with Gasteiger partial charge in [-0.15, -0.1) is 0 Å². The highest BCUT2D eigenvalue weighted by Crippen LogP contribution is 2.25. The van der Waals surface area contributed by atoms with Gasteiger partial charge in [0.2, 0.25) is 0 Å². The summed E-state index contributed by atoms with van der Waals surface area (Å²) in [6.07, 6.45) is 4.00. The summed E-state index contributed by atoms with van der Waals surface area (Å²) in [5.41, 5.74) is 3.37. The van der Waals surface area contributed by atoms with Crippen molar-refractivity contribution < 1.29 is 40.9 Å². The van der Waals surface area contributed by atoms with Crippen molar-refractivity contribution in [3.05, 3.63) is 143 Å². The highest BCUT2D eigenvalue weighted by Gasteiger charge is 2.30. The first-order valence-corrected chi connectivity index (χ1v) is 22.8. The van der Waals surface area contributed by atoms with E-state index in [4.69, 9.17) is 18.9 Å². The molecular formula is C45H56N6O9S2. The van der Waals surface area contributed by atoms with Gasteiger partial charge in [-0.3, -0.25) is 0 Å². The lowest BCUT2D eigenvalue weighted by molar-refractivity contribution is 0.274. The van der Waals surface area contributed by atoms with Gasteiger partial charge in [-0.1, -0.05) is 55.5 Å². The Morgan fingerprint density at radius 1 is 0.500 bits per heavy atom. The van der Waals surface area contributed by atoms with Crippen LogP contribution in [0.4, 0.5) is 0 Å². The van der Waals surface area contributed by atoms with E-state index in [1.165, 1.54) is 14.8 Å². The molecule has 0 aliphatic heterocycles. The number of benzene rings is 4. The van der Waals surface area contributed by atoms with E-state index in [0.29, 0.717) is 23.1 Å². The Balaban J connectivity index is 0.000000234. The van der Waals surface area contributed by atoms with Gasteiger partial charge in [-0.05, 0) is 91.1 Å². The van der Waals surface area contributed by atoms with Gasteiger partial charge in [-0.25, -0.2) is 26.8 Å². The molecular weight excluding hydrogens is 833 g/mol. The highest BCUT2D eigenvalue weighted by atomic mass is 32.2. The summed E-state index contributed by atoms with van der Waals surface area (Å²) in [6.45, 7) is 7.28. The summed E-state index contributed by atoms with van der Waals surface area (Å²) in [5, 5.41) is 9.24. The van der Waals surface area contributed by atoms with Crippen LogP contribution in [0, 0.1) is 13.8 Å². The first kappa shape index (κ1) is 47.3. The standard InChI is InChI=1S/C23H29N3O4S.C22H27N3O5S/c1-5-14-25-17-23(24-18(25)2)31(27,28)26(15-19-6-10-21(29-3)11-7-19)16-20-8-12-22(30-4)13-9-20;1-17-23-22(16-24(17)12-13-26)31(27,28)25(14-18-4-8-20(29-2)9-5-18)15-19-6-10-21(30-3)11-7-19/h6-13,17H,5,14-16H2,1-4H3;4-11,16,26H,12-15H2,1-3H3. The maximum absolute atomic E-state index is 13.6. The van der Waals surface area contributed by atoms with Crippen LogP contribution < -0.4 is 18.9 Å². The van der Waals surface area contributed by atoms with Gasteiger partial charge >= 0.3 is 0 Å². The number of aliphatic hydroxyl groups is 1. The van der Waals surface area contributed by atoms with Crippen LogP contribution in [-0.4, -0.2) is 84.7 Å². The number of imidazole rings is 2. The number of aromatic nitrogens is 4. The molecule has 0 saturated carbocycles. The summed E-state index contributed by atoms with van der Waals surface area (Å²) in [7, 11) is -1.33. The minimum atomic E-state index is -3.89. The number of aliphatic hydroxyl groups excluding tert-OH is 1. The van der Waals surface area contributed by atoms with Crippen molar-refractivity contribution in [2.45, 2.75) is 76.5 Å². The fourth-order valence-electron chi connectivity index (χ4n) is 6.46. The molecule has 2 heterocycles. The largest absolute Gasteiger partial charge is 0.497 e. The summed E-state index contributed by atoms with van der Waals surface area (Å²) in [6, 6.07) is 29.3. The zero-order valence-corrected chi connectivity index (χ0v) is 37.9. The number of sulfonamides is 2. The van der Waals surface area contributed by atoms with Crippen molar-refractivity contribution in [1.82, 2.24) is 27.7 Å². The molecule has 15 nitrogen and oxygen atoms in total. The first-order valence-electron chi connectivity index (χ1n) is 19.9. The average Bonchev–Trinajstić information content (AvgIpc) is 3.86. The molecule has 6 aromatic rings. The lowest BCUT2D eigenvalue weighted by Crippen LogP contribution is -2.30. The maximum atomic E-state index is 13.6. The number of nitrogens with zero attached hydrogens (tertiary/aromatic N) is 6. The van der Waals surface area contributed by atoms with Crippen molar-refractivity contribution in [1.29, 1.82) is 0 Å². The molecule has 0 unspecified atom stereocenters. The fraction of sp³-hybridized carbons (Fsp3) is 0.333. The Morgan fingerprint density at radius 2 is 0.774 bits per heavy atom. The molecule has 332 valence electrons. The van der Waals surface area contributed by atoms with Crippen LogP contribution in [-0.2, 0) is 59.3 Å². The third-order valence-electron chi connectivity index (χ3n) is 9.99. The second-order valence-corrected chi connectivity index (χ2v) is 18.1. The highest BCUT2D eigenvalue weighted by molar-refractivity contribution is 7.89. The van der Waals surface area contributed by atoms with Gasteiger partial charge in [-0.2, -0.15) is 8.61 Å². The molecule has 6 rings (SSSR count). The third-order valence-corrected chi connectivity index (χ3v) is 13.3. The predicted octanol–water partition coefficient (Wildman–Crippen LogP) is 6.60. The second kappa shape index (κ2) is 21.9. The molecule has 0 amide bonds. The molecule has 0 aliphatic carbocycles. The third kappa shape index (κ3) is 12.2. The van der Waals surface area contributed by atoms with Crippen LogP contribution in [0.1, 0.15) is 47.2 Å². The van der Waals surface area contributed by atoms with Crippen LogP contribution in [0.25, 0.3) is 0 Å². The van der Waals surface area contributed by atoms with Crippen LogP contribution in [0.3, 0.4) is 0 Å². The van der Waals surface area contributed by atoms with Gasteiger partial charge < -0.3 is 33.2 Å². The van der Waals surface area contributed by atoms with Crippen molar-refractivity contribution in [2.75, 3.05) is 35.0 Å². The molecule has 0 aliphatic rings. The zero-order valence-electron chi connectivity index (χ0n) is 36.3. The van der Waals surface area contributed by atoms with E-state index >= 15 is 0 Å². The van der Waals surface area contributed by atoms with Crippen molar-refractivity contribution >= 4 is 20.0 Å². The topological polar surface area (TPSA) is 168 Å². The molecule has 62 heavy (non-hydrogen) atoms. The minimum absolute atomic E-state index is 0.0412. The number of aryl methyl sites for hydroxylation is 3. The quantitative estimate of drug-likeness (QED) is 0.0877. The molecule has 4 aromatic carbocycles. The van der Waals surface area contributed by atoms with E-state index in [1.54, 1.807) is 70.4 Å². The lowest BCUT2D eigenvalue weighted by Gasteiger charge is -2.21. The van der Waals surface area contributed by atoms with E-state index in [1.807, 2.05) is 91.2 Å². The number of hydrogen-bond donors (Lipinski definition) is 1. The summed E-state index contributed by atoms with van der Waals surface area (Å²) < 4.78 is 81.3. The molecule has 0 bridgehead atoms. The van der Waals surface area contributed by atoms with Crippen molar-refractivity contribution in [2.24, 2.45) is 0 Å². The first-order chi connectivity index (χ1) is 29.7. The lowest BCUT2D eigenvalue weighted by atomic mass is 10.2. The summed E-state index contributed by atoms with van der Waals surface area (Å²) in [5.74, 6) is 4.07. The van der Waals surface area contributed by atoms with Crippen LogP contribution in [0.2, 0.25) is 0 Å². The zero-order chi connectivity index (χ0) is 44.9. The second-order valence-electron chi connectivity index (χ2n) is 14.3. The van der Waals surface area contributed by atoms with Gasteiger partial charge in [0.25, 0.3) is 20.0 Å². The van der Waals surface area contributed by atoms with Gasteiger partial charge in [0, 0.05) is 51.7 Å². The van der Waals surface area contributed by atoms with Gasteiger partial charge in [0.05, 0.1) is 35.0 Å². The smallest absolute Gasteiger partial charge is 0.262 e. The molecule has 17 heteroatoms. The van der Waals surface area contributed by atoms with Crippen LogP contribution in [0.5, 0.6) is 23.0 Å². The van der Waals surface area contributed by atoms with E-state index < -0.39 is 20.0 Å². The number of methoxy groups -OCH3 is 4. The van der Waals surface area contributed by atoms with E-state index in [0.717, 1.165) is 46.7 Å². The minimum Gasteiger partial charge on any atom is -0.497 e. The molecule has 0 saturated heterocycles. The van der Waals surface area contributed by atoms with Gasteiger partial charge in [0.15, 0.2) is 10.1 Å². The average molecular weight is 889 g/mol. The SMILES string of the molecule is CCCn1cc(S(=O)(=O)N(Cc2ccc(OC)cc2)Cc2ccc(OC)cc2)nc1C.COc1ccc(CN(Cc2ccc(OC)cc2)S(=O)(=O)c2cn(CCO)c(C)n2)cc1. The monoisotopic (exact) mass is 888 g/mol. The molecule has 0 atom stereocenters. The molecule has 2 aromatic heterocycles. The number of ether oxygens (including phenoxy) is 4. The van der Waals surface area contributed by atoms with Crippen LogP contribution >= 0.6 is 0 Å². The number of rotatable bonds is 20. The predicted molar refractivity (Wildman–Crippen MR) is 236 cm³/mol. The Bertz CT molecular complexity index is 2260. The Morgan fingerprint density at radius 3 is 1.02 bits per heavy atom. The Kier molecular flexibility index (Phi) is 16.7. The van der Waals surface area contributed by atoms with E-state index in [9.17, 15) is 21.9 Å². The van der Waals surface area contributed by atoms with E-state index in [2.05, 4.69) is 9.97 Å². The van der Waals surface area contributed by atoms with E-state index in [-0.39, 0.29) is 49.4 Å². The number of hydrogen-bond acceptors (Lipinski definition) is 11. The van der Waals surface area contributed by atoms with Crippen molar-refractivity contribution in [3.63, 3.8) is 0 Å². The van der Waals surface area contributed by atoms with Crippen LogP contribution in [0.15, 0.2) is 120 Å². The fourth-order valence-corrected chi connectivity index (χ4v) is 9.28. The maximum Gasteiger partial charge on any atom is 0.262 e. The normalized spacial score (nSPS) is 11.6. The molecule has 0 fully saturated rings. The van der Waals surface area contributed by atoms with Gasteiger partial charge in [0.1, 0.15) is 34.6 Å². The molecule has 0 spiro atoms. The summed E-state index contributed by atoms with van der Waals surface area (Å²) >= 11 is 0. The van der Waals surface area contributed by atoms with Crippen molar-refractivity contribution in [3.8, 4) is 23.0 Å². The summed E-state index contributed by atoms with van der Waals surface area (Å²) in [4.78, 5) is 8.60. The Hall–Kier alpha value is -5.72. The molecule has 1 N–H and O–H groups in total. The Labute approximate surface area is 365 Å².